The SMILES string of the molecule is CCCC(OC)C(=O)Cc1ccc(OC)c(Br)c1. The standard InChI is InChI=1S/C14H19BrO3/c1-4-5-14(18-3)12(16)9-10-6-7-13(17-2)11(15)8-10/h6-8,14H,4-5,9H2,1-3H3. The summed E-state index contributed by atoms with van der Waals surface area (Å²) in [6, 6.07) is 5.67. The summed E-state index contributed by atoms with van der Waals surface area (Å²) >= 11 is 3.41. The van der Waals surface area contributed by atoms with E-state index in [9.17, 15) is 4.79 Å². The van der Waals surface area contributed by atoms with Crippen LogP contribution in [-0.4, -0.2) is 26.1 Å². The van der Waals surface area contributed by atoms with Gasteiger partial charge in [-0.1, -0.05) is 19.4 Å². The molecule has 0 aliphatic carbocycles. The molecule has 0 radical (unpaired) electrons. The van der Waals surface area contributed by atoms with Crippen LogP contribution in [0.4, 0.5) is 0 Å². The Hall–Kier alpha value is -0.870. The van der Waals surface area contributed by atoms with Gasteiger partial charge in [0.1, 0.15) is 11.9 Å². The minimum Gasteiger partial charge on any atom is -0.496 e. The lowest BCUT2D eigenvalue weighted by molar-refractivity contribution is -0.128. The van der Waals surface area contributed by atoms with Crippen LogP contribution in [0.3, 0.4) is 0 Å². The van der Waals surface area contributed by atoms with Crippen molar-refractivity contribution >= 4 is 21.7 Å². The number of rotatable bonds is 7. The second kappa shape index (κ2) is 7.54. The zero-order valence-electron chi connectivity index (χ0n) is 11.0. The summed E-state index contributed by atoms with van der Waals surface area (Å²) in [5, 5.41) is 0. The van der Waals surface area contributed by atoms with Crippen LogP contribution in [-0.2, 0) is 16.0 Å². The van der Waals surface area contributed by atoms with Crippen molar-refractivity contribution in [1.82, 2.24) is 0 Å². The van der Waals surface area contributed by atoms with Crippen molar-refractivity contribution in [3.8, 4) is 5.75 Å². The summed E-state index contributed by atoms with van der Waals surface area (Å²) in [7, 11) is 3.20. The van der Waals surface area contributed by atoms with Gasteiger partial charge in [0.2, 0.25) is 0 Å². The summed E-state index contributed by atoms with van der Waals surface area (Å²) in [5.74, 6) is 0.888. The van der Waals surface area contributed by atoms with Gasteiger partial charge in [0.05, 0.1) is 11.6 Å². The Bertz CT molecular complexity index is 404. The van der Waals surface area contributed by atoms with Crippen LogP contribution in [0.1, 0.15) is 25.3 Å². The Kier molecular flexibility index (Phi) is 6.36. The van der Waals surface area contributed by atoms with Crippen molar-refractivity contribution in [3.05, 3.63) is 28.2 Å². The highest BCUT2D eigenvalue weighted by Crippen LogP contribution is 2.26. The van der Waals surface area contributed by atoms with Crippen molar-refractivity contribution in [3.63, 3.8) is 0 Å². The summed E-state index contributed by atoms with van der Waals surface area (Å²) in [6.07, 6.45) is 1.81. The first-order chi connectivity index (χ1) is 8.62. The lowest BCUT2D eigenvalue weighted by Crippen LogP contribution is -2.24. The fourth-order valence-electron chi connectivity index (χ4n) is 1.81. The number of methoxy groups -OCH3 is 2. The van der Waals surface area contributed by atoms with Gasteiger partial charge in [0, 0.05) is 13.5 Å². The molecule has 0 saturated heterocycles. The highest BCUT2D eigenvalue weighted by Gasteiger charge is 2.17. The minimum absolute atomic E-state index is 0.122. The summed E-state index contributed by atoms with van der Waals surface area (Å²) < 4.78 is 11.2. The molecule has 0 bridgehead atoms. The van der Waals surface area contributed by atoms with Crippen molar-refractivity contribution in [2.45, 2.75) is 32.3 Å². The first-order valence-electron chi connectivity index (χ1n) is 6.00. The molecule has 1 rings (SSSR count). The highest BCUT2D eigenvalue weighted by atomic mass is 79.9. The third kappa shape index (κ3) is 4.10. The molecule has 1 unspecified atom stereocenters. The second-order valence-corrected chi connectivity index (χ2v) is 4.98. The van der Waals surface area contributed by atoms with Crippen molar-refractivity contribution in [2.75, 3.05) is 14.2 Å². The Labute approximate surface area is 117 Å². The third-order valence-electron chi connectivity index (χ3n) is 2.79. The zero-order valence-corrected chi connectivity index (χ0v) is 12.6. The fourth-order valence-corrected chi connectivity index (χ4v) is 2.40. The van der Waals surface area contributed by atoms with Crippen LogP contribution in [0.15, 0.2) is 22.7 Å². The lowest BCUT2D eigenvalue weighted by atomic mass is 10.0. The van der Waals surface area contributed by atoms with Gasteiger partial charge in [-0.05, 0) is 40.0 Å². The van der Waals surface area contributed by atoms with Gasteiger partial charge >= 0.3 is 0 Å². The molecule has 1 atom stereocenters. The molecule has 0 N–H and O–H groups in total. The number of hydrogen-bond acceptors (Lipinski definition) is 3. The average molecular weight is 315 g/mol. The molecule has 0 aliphatic rings. The number of hydrogen-bond donors (Lipinski definition) is 0. The molecule has 0 heterocycles. The molecule has 4 heteroatoms. The molecule has 18 heavy (non-hydrogen) atoms. The summed E-state index contributed by atoms with van der Waals surface area (Å²) in [5.41, 5.74) is 0.964. The Balaban J connectivity index is 2.72. The van der Waals surface area contributed by atoms with Crippen LogP contribution < -0.4 is 4.74 Å². The molecule has 3 nitrogen and oxygen atoms in total. The zero-order chi connectivity index (χ0) is 13.5. The van der Waals surface area contributed by atoms with E-state index in [1.807, 2.05) is 25.1 Å². The normalized spacial score (nSPS) is 12.2. The van der Waals surface area contributed by atoms with Gasteiger partial charge in [-0.3, -0.25) is 4.79 Å². The Morgan fingerprint density at radius 3 is 2.61 bits per heavy atom. The van der Waals surface area contributed by atoms with Crippen LogP contribution in [0, 0.1) is 0 Å². The topological polar surface area (TPSA) is 35.5 Å². The van der Waals surface area contributed by atoms with E-state index in [0.717, 1.165) is 28.6 Å². The van der Waals surface area contributed by atoms with E-state index >= 15 is 0 Å². The van der Waals surface area contributed by atoms with Crippen molar-refractivity contribution in [2.24, 2.45) is 0 Å². The predicted molar refractivity (Wildman–Crippen MR) is 75.1 cm³/mol. The van der Waals surface area contributed by atoms with Gasteiger partial charge < -0.3 is 9.47 Å². The number of benzene rings is 1. The maximum atomic E-state index is 12.0. The summed E-state index contributed by atoms with van der Waals surface area (Å²) in [6.45, 7) is 2.04. The van der Waals surface area contributed by atoms with Gasteiger partial charge in [0.15, 0.2) is 5.78 Å². The first-order valence-corrected chi connectivity index (χ1v) is 6.79. The smallest absolute Gasteiger partial charge is 0.165 e. The first kappa shape index (κ1) is 15.2. The van der Waals surface area contributed by atoms with Crippen LogP contribution >= 0.6 is 15.9 Å². The van der Waals surface area contributed by atoms with Gasteiger partial charge in [-0.15, -0.1) is 0 Å². The maximum absolute atomic E-state index is 12.0. The van der Waals surface area contributed by atoms with E-state index in [0.29, 0.717) is 6.42 Å². The molecule has 100 valence electrons. The summed E-state index contributed by atoms with van der Waals surface area (Å²) in [4.78, 5) is 12.0. The van der Waals surface area contributed by atoms with E-state index in [-0.39, 0.29) is 11.9 Å². The molecule has 0 saturated carbocycles. The number of halogens is 1. The quantitative estimate of drug-likeness (QED) is 0.774. The van der Waals surface area contributed by atoms with Crippen LogP contribution in [0.2, 0.25) is 0 Å². The Morgan fingerprint density at radius 2 is 2.11 bits per heavy atom. The molecule has 0 amide bonds. The lowest BCUT2D eigenvalue weighted by Gasteiger charge is -2.13. The van der Waals surface area contributed by atoms with E-state index < -0.39 is 0 Å². The highest BCUT2D eigenvalue weighted by molar-refractivity contribution is 9.10. The maximum Gasteiger partial charge on any atom is 0.165 e. The number of ketones is 1. The average Bonchev–Trinajstić information content (AvgIpc) is 2.36. The van der Waals surface area contributed by atoms with E-state index in [4.69, 9.17) is 9.47 Å². The van der Waals surface area contributed by atoms with Gasteiger partial charge in [0.25, 0.3) is 0 Å². The van der Waals surface area contributed by atoms with E-state index in [1.54, 1.807) is 14.2 Å². The predicted octanol–water partition coefficient (Wildman–Crippen LogP) is 3.38. The monoisotopic (exact) mass is 314 g/mol. The van der Waals surface area contributed by atoms with Crippen molar-refractivity contribution < 1.29 is 14.3 Å². The molecule has 1 aromatic rings. The molecule has 0 aliphatic heterocycles. The minimum atomic E-state index is -0.295. The van der Waals surface area contributed by atoms with Crippen LogP contribution in [0.25, 0.3) is 0 Å². The fraction of sp³-hybridized carbons (Fsp3) is 0.500. The second-order valence-electron chi connectivity index (χ2n) is 4.13. The molecule has 1 aromatic carbocycles. The number of ether oxygens (including phenoxy) is 2. The van der Waals surface area contributed by atoms with E-state index in [2.05, 4.69) is 15.9 Å². The number of carbonyl (C=O) groups excluding carboxylic acids is 1. The van der Waals surface area contributed by atoms with Gasteiger partial charge in [-0.25, -0.2) is 0 Å². The molecular weight excluding hydrogens is 296 g/mol. The third-order valence-corrected chi connectivity index (χ3v) is 3.41. The molecular formula is C14H19BrO3. The molecule has 0 fully saturated rings. The largest absolute Gasteiger partial charge is 0.496 e. The number of carbonyl (C=O) groups is 1. The molecule has 0 spiro atoms. The Morgan fingerprint density at radius 1 is 1.39 bits per heavy atom. The van der Waals surface area contributed by atoms with Crippen LogP contribution in [0.5, 0.6) is 5.75 Å². The number of Topliss-reactive ketones (excluding diaryl/α,β-unsaturated/α-hetero) is 1. The van der Waals surface area contributed by atoms with E-state index in [1.165, 1.54) is 0 Å². The molecule has 0 aromatic heterocycles. The van der Waals surface area contributed by atoms with Gasteiger partial charge in [-0.2, -0.15) is 0 Å². The van der Waals surface area contributed by atoms with Crippen molar-refractivity contribution in [1.29, 1.82) is 0 Å².